The molecule has 1 heterocycles. The Labute approximate surface area is 113 Å². The lowest BCUT2D eigenvalue weighted by molar-refractivity contribution is 0.0248. The van der Waals surface area contributed by atoms with Crippen LogP contribution in [0.3, 0.4) is 0 Å². The van der Waals surface area contributed by atoms with Crippen molar-refractivity contribution in [2.75, 3.05) is 17.8 Å². The molecule has 0 aliphatic carbocycles. The van der Waals surface area contributed by atoms with Crippen molar-refractivity contribution in [3.63, 3.8) is 0 Å². The predicted octanol–water partition coefficient (Wildman–Crippen LogP) is 0.486. The van der Waals surface area contributed by atoms with Gasteiger partial charge in [-0.3, -0.25) is 0 Å². The zero-order chi connectivity index (χ0) is 14.3. The maximum atomic E-state index is 11.9. The maximum Gasteiger partial charge on any atom is 0.178 e. The van der Waals surface area contributed by atoms with Crippen LogP contribution < -0.4 is 0 Å². The average molecular weight is 304 g/mol. The van der Waals surface area contributed by atoms with Crippen LogP contribution in [0.1, 0.15) is 18.4 Å². The first-order valence-corrected chi connectivity index (χ1v) is 9.58. The minimum atomic E-state index is -3.38. The Bertz CT molecular complexity index is 691. The molecule has 5 nitrogen and oxygen atoms in total. The molecule has 106 valence electrons. The van der Waals surface area contributed by atoms with Crippen LogP contribution >= 0.6 is 0 Å². The predicted molar refractivity (Wildman–Crippen MR) is 71.3 cm³/mol. The van der Waals surface area contributed by atoms with E-state index in [2.05, 4.69) is 0 Å². The van der Waals surface area contributed by atoms with E-state index in [1.807, 2.05) is 0 Å². The lowest BCUT2D eigenvalue weighted by Gasteiger charge is -2.34. The van der Waals surface area contributed by atoms with Crippen molar-refractivity contribution in [3.8, 4) is 0 Å². The lowest BCUT2D eigenvalue weighted by Crippen LogP contribution is -2.36. The number of benzene rings is 1. The average Bonchev–Trinajstić information content (AvgIpc) is 2.32. The second kappa shape index (κ2) is 4.57. The zero-order valence-corrected chi connectivity index (χ0v) is 12.2. The quantitative estimate of drug-likeness (QED) is 0.878. The van der Waals surface area contributed by atoms with E-state index < -0.39 is 25.3 Å². The van der Waals surface area contributed by atoms with Gasteiger partial charge in [-0.15, -0.1) is 0 Å². The van der Waals surface area contributed by atoms with E-state index >= 15 is 0 Å². The number of fused-ring (bicyclic) bond motifs is 1. The van der Waals surface area contributed by atoms with E-state index in [1.165, 1.54) is 6.07 Å². The molecule has 1 aliphatic heterocycles. The van der Waals surface area contributed by atoms with Gasteiger partial charge in [0.25, 0.3) is 0 Å². The fraction of sp³-hybridized carbons (Fsp3) is 0.500. The molecule has 7 heteroatoms. The van der Waals surface area contributed by atoms with Gasteiger partial charge in [0, 0.05) is 11.8 Å². The van der Waals surface area contributed by atoms with Crippen LogP contribution in [0.25, 0.3) is 0 Å². The standard InChI is InChI=1S/C12H16O5S2/c1-18(14,15)8-6-12(13)7-9-19(16,17)11-5-3-2-4-10(11)12/h2-5,13H,6-9H2,1H3. The number of rotatable bonds is 3. The first kappa shape index (κ1) is 14.5. The van der Waals surface area contributed by atoms with Crippen LogP contribution in [0.15, 0.2) is 29.2 Å². The van der Waals surface area contributed by atoms with Gasteiger partial charge in [0.15, 0.2) is 9.84 Å². The monoisotopic (exact) mass is 304 g/mol. The molecule has 2 rings (SSSR count). The summed E-state index contributed by atoms with van der Waals surface area (Å²) in [5.41, 5.74) is -1.07. The van der Waals surface area contributed by atoms with E-state index in [-0.39, 0.29) is 29.2 Å². The summed E-state index contributed by atoms with van der Waals surface area (Å²) in [7, 11) is -6.58. The van der Waals surface area contributed by atoms with Crippen molar-refractivity contribution >= 4 is 19.7 Å². The number of hydrogen-bond acceptors (Lipinski definition) is 5. The minimum absolute atomic E-state index is 0.0123. The third-order valence-corrected chi connectivity index (χ3v) is 6.11. The molecule has 1 aromatic carbocycles. The molecule has 0 spiro atoms. The molecular weight excluding hydrogens is 288 g/mol. The summed E-state index contributed by atoms with van der Waals surface area (Å²) < 4.78 is 46.3. The second-order valence-electron chi connectivity index (χ2n) is 4.98. The van der Waals surface area contributed by atoms with E-state index in [0.717, 1.165) is 6.26 Å². The van der Waals surface area contributed by atoms with E-state index in [4.69, 9.17) is 0 Å². The second-order valence-corrected chi connectivity index (χ2v) is 9.31. The normalized spacial score (nSPS) is 25.8. The fourth-order valence-corrected chi connectivity index (χ4v) is 4.70. The Morgan fingerprint density at radius 3 is 2.58 bits per heavy atom. The van der Waals surface area contributed by atoms with Crippen molar-refractivity contribution in [2.24, 2.45) is 0 Å². The van der Waals surface area contributed by atoms with Crippen molar-refractivity contribution < 1.29 is 21.9 Å². The first-order chi connectivity index (χ1) is 8.64. The lowest BCUT2D eigenvalue weighted by atomic mass is 9.88. The maximum absolute atomic E-state index is 11.9. The molecule has 1 aromatic rings. The number of aliphatic hydroxyl groups is 1. The summed E-state index contributed by atoms with van der Waals surface area (Å²) in [6, 6.07) is 6.24. The molecule has 1 atom stereocenters. The molecule has 0 bridgehead atoms. The van der Waals surface area contributed by atoms with Gasteiger partial charge in [-0.2, -0.15) is 0 Å². The highest BCUT2D eigenvalue weighted by Crippen LogP contribution is 2.39. The van der Waals surface area contributed by atoms with Crippen LogP contribution in [0.5, 0.6) is 0 Å². The van der Waals surface area contributed by atoms with Crippen molar-refractivity contribution in [1.29, 1.82) is 0 Å². The molecular formula is C12H16O5S2. The topological polar surface area (TPSA) is 88.5 Å². The van der Waals surface area contributed by atoms with E-state index in [9.17, 15) is 21.9 Å². The van der Waals surface area contributed by atoms with Gasteiger partial charge in [0.2, 0.25) is 0 Å². The van der Waals surface area contributed by atoms with Gasteiger partial charge in [-0.25, -0.2) is 16.8 Å². The van der Waals surface area contributed by atoms with Gasteiger partial charge in [0.1, 0.15) is 9.84 Å². The Morgan fingerprint density at radius 2 is 1.95 bits per heavy atom. The molecule has 0 saturated carbocycles. The molecule has 0 saturated heterocycles. The van der Waals surface area contributed by atoms with Crippen LogP contribution in [-0.2, 0) is 25.3 Å². The van der Waals surface area contributed by atoms with Crippen LogP contribution in [0.4, 0.5) is 0 Å². The van der Waals surface area contributed by atoms with Gasteiger partial charge >= 0.3 is 0 Å². The van der Waals surface area contributed by atoms with Gasteiger partial charge in [-0.05, 0) is 18.9 Å². The Balaban J connectivity index is 2.45. The molecule has 1 aliphatic rings. The van der Waals surface area contributed by atoms with Crippen LogP contribution in [0, 0.1) is 0 Å². The van der Waals surface area contributed by atoms with Crippen molar-refractivity contribution in [1.82, 2.24) is 0 Å². The van der Waals surface area contributed by atoms with Crippen LogP contribution in [0.2, 0.25) is 0 Å². The minimum Gasteiger partial charge on any atom is -0.385 e. The highest BCUT2D eigenvalue weighted by Gasteiger charge is 2.40. The molecule has 0 amide bonds. The third-order valence-electron chi connectivity index (χ3n) is 3.39. The highest BCUT2D eigenvalue weighted by molar-refractivity contribution is 7.91. The summed E-state index contributed by atoms with van der Waals surface area (Å²) in [5, 5.41) is 10.6. The molecule has 1 unspecified atom stereocenters. The fourth-order valence-electron chi connectivity index (χ4n) is 2.28. The third kappa shape index (κ3) is 2.98. The SMILES string of the molecule is CS(=O)(=O)CCC1(O)CCS(=O)(=O)c2ccccc21. The largest absolute Gasteiger partial charge is 0.385 e. The highest BCUT2D eigenvalue weighted by atomic mass is 32.2. The number of hydrogen-bond donors (Lipinski definition) is 1. The summed E-state index contributed by atoms with van der Waals surface area (Å²) in [4.78, 5) is 0.109. The zero-order valence-electron chi connectivity index (χ0n) is 10.5. The summed E-state index contributed by atoms with van der Waals surface area (Å²) >= 11 is 0. The smallest absolute Gasteiger partial charge is 0.178 e. The van der Waals surface area contributed by atoms with Gasteiger partial charge < -0.3 is 5.11 Å². The van der Waals surface area contributed by atoms with Gasteiger partial charge in [0.05, 0.1) is 22.0 Å². The van der Waals surface area contributed by atoms with Crippen molar-refractivity contribution in [3.05, 3.63) is 29.8 Å². The molecule has 0 aromatic heterocycles. The Morgan fingerprint density at radius 1 is 1.32 bits per heavy atom. The first-order valence-electron chi connectivity index (χ1n) is 5.86. The number of sulfone groups is 2. The summed E-state index contributed by atoms with van der Waals surface area (Å²) in [6.45, 7) is 0. The van der Waals surface area contributed by atoms with E-state index in [1.54, 1.807) is 18.2 Å². The van der Waals surface area contributed by atoms with Crippen LogP contribution in [-0.4, -0.2) is 39.7 Å². The molecule has 19 heavy (non-hydrogen) atoms. The van der Waals surface area contributed by atoms with E-state index in [0.29, 0.717) is 5.56 Å². The molecule has 1 N–H and O–H groups in total. The summed E-state index contributed by atoms with van der Waals surface area (Å²) in [6.07, 6.45) is 1.14. The summed E-state index contributed by atoms with van der Waals surface area (Å²) in [5.74, 6) is -0.331. The molecule has 0 radical (unpaired) electrons. The molecule has 0 fully saturated rings. The Hall–Kier alpha value is -0.920. The van der Waals surface area contributed by atoms with Crippen molar-refractivity contribution in [2.45, 2.75) is 23.3 Å². The Kier molecular flexibility index (Phi) is 3.49. The van der Waals surface area contributed by atoms with Gasteiger partial charge in [-0.1, -0.05) is 18.2 Å².